The summed E-state index contributed by atoms with van der Waals surface area (Å²) in [4.78, 5) is 15.6. The third-order valence-corrected chi connectivity index (χ3v) is 6.08. The number of amides is 1. The Balaban J connectivity index is 1.63. The molecule has 0 bridgehead atoms. The number of benzene rings is 2. The molecule has 0 saturated carbocycles. The summed E-state index contributed by atoms with van der Waals surface area (Å²) in [6.45, 7) is 4.39. The van der Waals surface area contributed by atoms with Crippen LogP contribution in [-0.2, 0) is 22.5 Å². The number of ether oxygens (including phenoxy) is 1. The molecule has 0 spiro atoms. The highest BCUT2D eigenvalue weighted by Crippen LogP contribution is 2.36. The van der Waals surface area contributed by atoms with E-state index in [9.17, 15) is 4.79 Å². The van der Waals surface area contributed by atoms with Crippen LogP contribution in [0.3, 0.4) is 0 Å². The maximum Gasteiger partial charge on any atom is 0.226 e. The molecule has 1 saturated heterocycles. The van der Waals surface area contributed by atoms with Crippen LogP contribution < -0.4 is 0 Å². The maximum atomic E-state index is 13.5. The number of carbonyl (C=O) groups excluding carboxylic acids is 1. The Morgan fingerprint density at radius 2 is 1.65 bits per heavy atom. The average molecular weight is 349 g/mol. The van der Waals surface area contributed by atoms with Crippen LogP contribution >= 0.6 is 0 Å². The molecule has 136 valence electrons. The molecule has 4 rings (SSSR count). The minimum atomic E-state index is 0.0513. The molecule has 2 aromatic carbocycles. The van der Waals surface area contributed by atoms with Crippen LogP contribution in [0.15, 0.2) is 54.6 Å². The van der Waals surface area contributed by atoms with Gasteiger partial charge in [0.25, 0.3) is 0 Å². The van der Waals surface area contributed by atoms with Crippen LogP contribution in [0.5, 0.6) is 0 Å². The van der Waals surface area contributed by atoms with Crippen molar-refractivity contribution >= 4 is 5.91 Å². The minimum Gasteiger partial charge on any atom is -0.381 e. The predicted octanol–water partition coefficient (Wildman–Crippen LogP) is 4.38. The molecule has 2 aliphatic heterocycles. The summed E-state index contributed by atoms with van der Waals surface area (Å²) in [5.74, 6) is 0.778. The summed E-state index contributed by atoms with van der Waals surface area (Å²) in [6.07, 6.45) is 2.88. The van der Waals surface area contributed by atoms with Crippen LogP contribution in [0, 0.1) is 11.8 Å². The zero-order valence-corrected chi connectivity index (χ0v) is 15.4. The Morgan fingerprint density at radius 3 is 2.38 bits per heavy atom. The van der Waals surface area contributed by atoms with Crippen molar-refractivity contribution in [2.45, 2.75) is 38.8 Å². The van der Waals surface area contributed by atoms with Crippen LogP contribution in [0.2, 0.25) is 0 Å². The smallest absolute Gasteiger partial charge is 0.226 e. The second kappa shape index (κ2) is 7.63. The third kappa shape index (κ3) is 3.41. The molecule has 3 nitrogen and oxygen atoms in total. The van der Waals surface area contributed by atoms with Crippen LogP contribution in [-0.4, -0.2) is 24.0 Å². The molecule has 1 amide bonds. The van der Waals surface area contributed by atoms with E-state index in [2.05, 4.69) is 60.4 Å². The van der Waals surface area contributed by atoms with Crippen molar-refractivity contribution in [2.24, 2.45) is 11.8 Å². The van der Waals surface area contributed by atoms with E-state index < -0.39 is 0 Å². The van der Waals surface area contributed by atoms with Gasteiger partial charge in [0, 0.05) is 25.7 Å². The molecule has 0 unspecified atom stereocenters. The minimum absolute atomic E-state index is 0.0513. The highest BCUT2D eigenvalue weighted by atomic mass is 16.5. The number of nitrogens with zero attached hydrogens (tertiary/aromatic N) is 1. The topological polar surface area (TPSA) is 29.5 Å². The van der Waals surface area contributed by atoms with Gasteiger partial charge in [0.1, 0.15) is 0 Å². The lowest BCUT2D eigenvalue weighted by molar-refractivity contribution is -0.141. The molecule has 0 radical (unpaired) electrons. The fourth-order valence-corrected chi connectivity index (χ4v) is 4.41. The molecule has 2 aliphatic rings. The molecule has 26 heavy (non-hydrogen) atoms. The molecular formula is C23H27NO2. The van der Waals surface area contributed by atoms with Crippen LogP contribution in [0.25, 0.3) is 0 Å². The Morgan fingerprint density at radius 1 is 1.00 bits per heavy atom. The molecular weight excluding hydrogens is 322 g/mol. The van der Waals surface area contributed by atoms with Gasteiger partial charge in [-0.05, 0) is 41.9 Å². The summed E-state index contributed by atoms with van der Waals surface area (Å²) in [6, 6.07) is 19.1. The summed E-state index contributed by atoms with van der Waals surface area (Å²) in [5, 5.41) is 0. The Bertz CT molecular complexity index is 752. The van der Waals surface area contributed by atoms with Crippen molar-refractivity contribution in [1.82, 2.24) is 4.90 Å². The van der Waals surface area contributed by atoms with Gasteiger partial charge in [-0.3, -0.25) is 4.79 Å². The Labute approximate surface area is 156 Å². The molecule has 2 heterocycles. The second-order valence-electron chi connectivity index (χ2n) is 7.60. The highest BCUT2D eigenvalue weighted by Gasteiger charge is 2.35. The summed E-state index contributed by atoms with van der Waals surface area (Å²) in [5.41, 5.74) is 3.88. The molecule has 0 aromatic heterocycles. The summed E-state index contributed by atoms with van der Waals surface area (Å²) >= 11 is 0. The van der Waals surface area contributed by atoms with E-state index >= 15 is 0 Å². The van der Waals surface area contributed by atoms with Crippen molar-refractivity contribution in [3.8, 4) is 0 Å². The summed E-state index contributed by atoms with van der Waals surface area (Å²) in [7, 11) is 0. The van der Waals surface area contributed by atoms with Crippen molar-refractivity contribution in [3.63, 3.8) is 0 Å². The first-order valence-electron chi connectivity index (χ1n) is 9.74. The van der Waals surface area contributed by atoms with Gasteiger partial charge < -0.3 is 9.64 Å². The maximum absolute atomic E-state index is 13.5. The fourth-order valence-electron chi connectivity index (χ4n) is 4.41. The van der Waals surface area contributed by atoms with Gasteiger partial charge in [0.2, 0.25) is 5.91 Å². The predicted molar refractivity (Wildman–Crippen MR) is 103 cm³/mol. The lowest BCUT2D eigenvalue weighted by Gasteiger charge is -2.40. The van der Waals surface area contributed by atoms with Gasteiger partial charge in [-0.1, -0.05) is 61.5 Å². The van der Waals surface area contributed by atoms with Gasteiger partial charge >= 0.3 is 0 Å². The monoisotopic (exact) mass is 349 g/mol. The Hall–Kier alpha value is -2.13. The fraction of sp³-hybridized carbons (Fsp3) is 0.435. The van der Waals surface area contributed by atoms with Crippen molar-refractivity contribution in [2.75, 3.05) is 13.2 Å². The first-order valence-corrected chi connectivity index (χ1v) is 9.74. The largest absolute Gasteiger partial charge is 0.381 e. The summed E-state index contributed by atoms with van der Waals surface area (Å²) < 4.78 is 5.49. The van der Waals surface area contributed by atoms with E-state index in [4.69, 9.17) is 4.74 Å². The molecule has 3 heteroatoms. The number of fused-ring (bicyclic) bond motifs is 1. The molecule has 2 atom stereocenters. The molecule has 1 fully saturated rings. The van der Waals surface area contributed by atoms with Gasteiger partial charge in [0.15, 0.2) is 0 Å². The standard InChI is InChI=1S/C23H27NO2/c1-17(18-11-13-26-14-12-18)23(25)24-16-21-10-6-5-9-20(21)15-22(24)19-7-3-2-4-8-19/h2-10,17-18,22H,11-16H2,1H3/t17-,22+/m1/s1. The lowest BCUT2D eigenvalue weighted by atomic mass is 9.84. The van der Waals surface area contributed by atoms with E-state index in [1.165, 1.54) is 16.7 Å². The van der Waals surface area contributed by atoms with E-state index in [1.54, 1.807) is 0 Å². The van der Waals surface area contributed by atoms with Gasteiger partial charge in [-0.25, -0.2) is 0 Å². The molecule has 0 aliphatic carbocycles. The lowest BCUT2D eigenvalue weighted by Crippen LogP contribution is -2.43. The van der Waals surface area contributed by atoms with Crippen molar-refractivity contribution < 1.29 is 9.53 Å². The van der Waals surface area contributed by atoms with E-state index in [0.29, 0.717) is 18.4 Å². The number of carbonyl (C=O) groups is 1. The van der Waals surface area contributed by atoms with Crippen molar-refractivity contribution in [3.05, 3.63) is 71.3 Å². The number of hydrogen-bond donors (Lipinski definition) is 0. The van der Waals surface area contributed by atoms with E-state index in [-0.39, 0.29) is 12.0 Å². The van der Waals surface area contributed by atoms with E-state index in [0.717, 1.165) is 32.5 Å². The zero-order chi connectivity index (χ0) is 17.9. The molecule has 2 aromatic rings. The average Bonchev–Trinajstić information content (AvgIpc) is 2.73. The van der Waals surface area contributed by atoms with Crippen LogP contribution in [0.4, 0.5) is 0 Å². The van der Waals surface area contributed by atoms with Gasteiger partial charge in [-0.15, -0.1) is 0 Å². The van der Waals surface area contributed by atoms with Crippen molar-refractivity contribution in [1.29, 1.82) is 0 Å². The normalized spacial score (nSPS) is 21.9. The van der Waals surface area contributed by atoms with E-state index in [1.807, 2.05) is 6.07 Å². The number of hydrogen-bond acceptors (Lipinski definition) is 2. The molecule has 0 N–H and O–H groups in total. The number of rotatable bonds is 3. The third-order valence-electron chi connectivity index (χ3n) is 6.08. The van der Waals surface area contributed by atoms with Gasteiger partial charge in [0.05, 0.1) is 6.04 Å². The zero-order valence-electron chi connectivity index (χ0n) is 15.4. The second-order valence-corrected chi connectivity index (χ2v) is 7.60. The first-order chi connectivity index (χ1) is 12.7. The quantitative estimate of drug-likeness (QED) is 0.823. The first kappa shape index (κ1) is 17.3. The SMILES string of the molecule is C[C@@H](C(=O)N1Cc2ccccc2C[C@H]1c1ccccc1)C1CCOCC1. The Kier molecular flexibility index (Phi) is 5.07. The highest BCUT2D eigenvalue weighted by molar-refractivity contribution is 5.79. The van der Waals surface area contributed by atoms with Gasteiger partial charge in [-0.2, -0.15) is 0 Å². The van der Waals surface area contributed by atoms with Crippen LogP contribution in [0.1, 0.15) is 42.5 Å².